The van der Waals surface area contributed by atoms with Crippen molar-refractivity contribution in [1.82, 2.24) is 0 Å². The summed E-state index contributed by atoms with van der Waals surface area (Å²) in [5.74, 6) is -5.19. The van der Waals surface area contributed by atoms with E-state index in [1.54, 1.807) is 0 Å². The molecule has 0 saturated heterocycles. The molecule has 0 unspecified atom stereocenters. The molecule has 11 heavy (non-hydrogen) atoms. The van der Waals surface area contributed by atoms with Crippen LogP contribution in [0.25, 0.3) is 0 Å². The molecule has 62 valence electrons. The van der Waals surface area contributed by atoms with E-state index in [1.165, 1.54) is 0 Å². The number of hydrogen-bond donors (Lipinski definition) is 3. The Balaban J connectivity index is 4.23. The smallest absolute Gasteiger partial charge is 0.386 e. The summed E-state index contributed by atoms with van der Waals surface area (Å²) in [5.41, 5.74) is 0. The molecule has 0 fully saturated rings. The second-order valence-corrected chi connectivity index (χ2v) is 1.68. The third-order valence-electron chi connectivity index (χ3n) is 0.786. The highest BCUT2D eigenvalue weighted by Crippen LogP contribution is 2.10. The lowest BCUT2D eigenvalue weighted by Gasteiger charge is -2.18. The second kappa shape index (κ2) is 3.18. The van der Waals surface area contributed by atoms with E-state index in [2.05, 4.69) is 17.9 Å². The zero-order chi connectivity index (χ0) is 9.07. The van der Waals surface area contributed by atoms with Gasteiger partial charge in [-0.05, 0) is 0 Å². The summed E-state index contributed by atoms with van der Waals surface area (Å²) in [4.78, 5) is 10.3. The number of aliphatic hydroxyl groups excluding tert-OH is 1. The van der Waals surface area contributed by atoms with Crippen LogP contribution in [0.5, 0.6) is 0 Å². The predicted octanol–water partition coefficient (Wildman–Crippen LogP) is -0.574. The van der Waals surface area contributed by atoms with Gasteiger partial charge >= 0.3 is 11.9 Å². The molecule has 0 aliphatic heterocycles. The average molecular weight is 160 g/mol. The minimum absolute atomic E-state index is 0.712. The molecule has 0 rings (SSSR count). The van der Waals surface area contributed by atoms with Crippen LogP contribution in [0.2, 0.25) is 0 Å². The van der Waals surface area contributed by atoms with Crippen LogP contribution in [0.1, 0.15) is 0 Å². The van der Waals surface area contributed by atoms with Crippen LogP contribution < -0.4 is 0 Å². The van der Waals surface area contributed by atoms with Gasteiger partial charge in [-0.15, -0.1) is 0 Å². The van der Waals surface area contributed by atoms with Crippen LogP contribution in [-0.2, 0) is 9.53 Å². The lowest BCUT2D eigenvalue weighted by molar-refractivity contribution is -0.304. The van der Waals surface area contributed by atoms with Gasteiger partial charge in [0.25, 0.3) is 0 Å². The normalized spacial score (nSPS) is 10.4. The molecule has 0 aliphatic rings. The molecule has 0 spiro atoms. The zero-order valence-corrected chi connectivity index (χ0v) is 5.65. The molecule has 0 saturated carbocycles. The van der Waals surface area contributed by atoms with E-state index in [0.29, 0.717) is 6.08 Å². The van der Waals surface area contributed by atoms with Crippen molar-refractivity contribution in [1.29, 1.82) is 0 Å². The van der Waals surface area contributed by atoms with Crippen LogP contribution in [0.4, 0.5) is 0 Å². The molecule has 0 atom stereocenters. The van der Waals surface area contributed by atoms with Gasteiger partial charge in [-0.1, -0.05) is 13.2 Å². The first-order valence-corrected chi connectivity index (χ1v) is 2.58. The van der Waals surface area contributed by atoms with E-state index < -0.39 is 17.7 Å². The molecular formula is C6H8O5. The topological polar surface area (TPSA) is 87.0 Å². The Morgan fingerprint density at radius 3 is 2.27 bits per heavy atom. The Kier molecular flexibility index (Phi) is 2.79. The van der Waals surface area contributed by atoms with Crippen molar-refractivity contribution in [2.45, 2.75) is 5.97 Å². The van der Waals surface area contributed by atoms with E-state index in [0.717, 1.165) is 0 Å². The first-order chi connectivity index (χ1) is 4.90. The summed E-state index contributed by atoms with van der Waals surface area (Å²) in [5, 5.41) is 25.6. The Morgan fingerprint density at radius 1 is 1.55 bits per heavy atom. The average Bonchev–Trinajstić information content (AvgIpc) is 1.86. The Labute approximate surface area is 62.8 Å². The van der Waals surface area contributed by atoms with Gasteiger partial charge in [0.2, 0.25) is 0 Å². The van der Waals surface area contributed by atoms with E-state index in [-0.39, 0.29) is 0 Å². The Morgan fingerprint density at radius 2 is 2.00 bits per heavy atom. The van der Waals surface area contributed by atoms with Gasteiger partial charge in [-0.2, -0.15) is 0 Å². The number of esters is 1. The first-order valence-electron chi connectivity index (χ1n) is 2.58. The summed E-state index contributed by atoms with van der Waals surface area (Å²) in [6.45, 7) is 5.75. The standard InChI is InChI=1S/C6H8O5/c1-3-5(8)11-6(9,10)4(2)7/h3,7,9-10H,1-2H2. The van der Waals surface area contributed by atoms with Gasteiger partial charge in [0, 0.05) is 6.08 Å². The van der Waals surface area contributed by atoms with Crippen molar-refractivity contribution in [2.75, 3.05) is 0 Å². The summed E-state index contributed by atoms with van der Waals surface area (Å²) < 4.78 is 3.85. The van der Waals surface area contributed by atoms with Crippen LogP contribution in [0.3, 0.4) is 0 Å². The zero-order valence-electron chi connectivity index (χ0n) is 5.65. The van der Waals surface area contributed by atoms with Crippen molar-refractivity contribution >= 4 is 5.97 Å². The molecule has 5 nitrogen and oxygen atoms in total. The Hall–Kier alpha value is -1.33. The maximum atomic E-state index is 10.3. The molecule has 0 aromatic heterocycles. The third kappa shape index (κ3) is 2.83. The highest BCUT2D eigenvalue weighted by Gasteiger charge is 2.31. The third-order valence-corrected chi connectivity index (χ3v) is 0.786. The van der Waals surface area contributed by atoms with Gasteiger partial charge in [0.1, 0.15) is 0 Å². The van der Waals surface area contributed by atoms with E-state index in [9.17, 15) is 4.79 Å². The number of hydrogen-bond acceptors (Lipinski definition) is 5. The number of aliphatic hydroxyl groups is 3. The maximum absolute atomic E-state index is 10.3. The summed E-state index contributed by atoms with van der Waals surface area (Å²) in [6.07, 6.45) is 0.712. The monoisotopic (exact) mass is 160 g/mol. The van der Waals surface area contributed by atoms with Crippen molar-refractivity contribution in [3.05, 3.63) is 25.0 Å². The minimum Gasteiger partial charge on any atom is -0.504 e. The summed E-state index contributed by atoms with van der Waals surface area (Å²) >= 11 is 0. The van der Waals surface area contributed by atoms with Crippen molar-refractivity contribution in [3.8, 4) is 0 Å². The molecular weight excluding hydrogens is 152 g/mol. The molecule has 0 aromatic carbocycles. The first kappa shape index (κ1) is 9.67. The van der Waals surface area contributed by atoms with E-state index in [1.807, 2.05) is 0 Å². The highest BCUT2D eigenvalue weighted by atomic mass is 16.8. The molecule has 0 radical (unpaired) electrons. The van der Waals surface area contributed by atoms with Crippen molar-refractivity contribution in [3.63, 3.8) is 0 Å². The van der Waals surface area contributed by atoms with E-state index in [4.69, 9.17) is 15.3 Å². The van der Waals surface area contributed by atoms with E-state index >= 15 is 0 Å². The van der Waals surface area contributed by atoms with Gasteiger partial charge in [-0.25, -0.2) is 4.79 Å². The lowest BCUT2D eigenvalue weighted by atomic mass is 10.5. The molecule has 0 amide bonds. The molecule has 0 aromatic rings. The van der Waals surface area contributed by atoms with Crippen LogP contribution in [0, 0.1) is 0 Å². The van der Waals surface area contributed by atoms with Crippen molar-refractivity contribution in [2.24, 2.45) is 0 Å². The van der Waals surface area contributed by atoms with Crippen LogP contribution in [-0.4, -0.2) is 27.3 Å². The fraction of sp³-hybridized carbons (Fsp3) is 0.167. The predicted molar refractivity (Wildman–Crippen MR) is 35.2 cm³/mol. The fourth-order valence-corrected chi connectivity index (χ4v) is 0.241. The van der Waals surface area contributed by atoms with Gasteiger partial charge in [0.15, 0.2) is 5.76 Å². The minimum atomic E-state index is -3.04. The summed E-state index contributed by atoms with van der Waals surface area (Å²) in [7, 11) is 0. The molecule has 0 heterocycles. The summed E-state index contributed by atoms with van der Waals surface area (Å²) in [6, 6.07) is 0. The maximum Gasteiger partial charge on any atom is 0.386 e. The molecule has 5 heteroatoms. The fourth-order valence-electron chi connectivity index (χ4n) is 0.241. The number of ether oxygens (including phenoxy) is 1. The molecule has 3 N–H and O–H groups in total. The molecule has 0 bridgehead atoms. The van der Waals surface area contributed by atoms with Gasteiger partial charge < -0.3 is 20.1 Å². The largest absolute Gasteiger partial charge is 0.504 e. The molecule has 0 aliphatic carbocycles. The lowest BCUT2D eigenvalue weighted by Crippen LogP contribution is -2.35. The Bertz CT molecular complexity index is 193. The quantitative estimate of drug-likeness (QED) is 0.222. The van der Waals surface area contributed by atoms with Gasteiger partial charge in [0.05, 0.1) is 0 Å². The van der Waals surface area contributed by atoms with Crippen molar-refractivity contribution < 1.29 is 24.9 Å². The number of rotatable bonds is 3. The van der Waals surface area contributed by atoms with Crippen LogP contribution in [0.15, 0.2) is 25.0 Å². The second-order valence-electron chi connectivity index (χ2n) is 1.68. The number of carbonyl (C=O) groups excluding carboxylic acids is 1. The number of carbonyl (C=O) groups is 1. The SMILES string of the molecule is C=CC(=O)OC(O)(O)C(=C)O. The van der Waals surface area contributed by atoms with Crippen LogP contribution >= 0.6 is 0 Å². The highest BCUT2D eigenvalue weighted by molar-refractivity contribution is 5.81. The van der Waals surface area contributed by atoms with Gasteiger partial charge in [-0.3, -0.25) is 0 Å².